The summed E-state index contributed by atoms with van der Waals surface area (Å²) < 4.78 is 7.93. The van der Waals surface area contributed by atoms with Gasteiger partial charge >= 0.3 is 0 Å². The van der Waals surface area contributed by atoms with Crippen molar-refractivity contribution in [2.24, 2.45) is 0 Å². The average molecular weight is 489 g/mol. The van der Waals surface area contributed by atoms with Crippen LogP contribution in [0.2, 0.25) is 20.1 Å². The number of nitrogens with zero attached hydrogens (tertiary/aromatic N) is 3. The fourth-order valence-corrected chi connectivity index (χ4v) is 4.78. The zero-order chi connectivity index (χ0) is 21.0. The summed E-state index contributed by atoms with van der Waals surface area (Å²) in [4.78, 5) is 0. The lowest BCUT2D eigenvalue weighted by Gasteiger charge is -2.16. The van der Waals surface area contributed by atoms with E-state index in [0.29, 0.717) is 49.1 Å². The van der Waals surface area contributed by atoms with Gasteiger partial charge in [-0.05, 0) is 42.8 Å². The zero-order valence-electron chi connectivity index (χ0n) is 15.4. The minimum absolute atomic E-state index is 0.389. The van der Waals surface area contributed by atoms with Crippen LogP contribution in [0, 0.1) is 0 Å². The molecule has 9 heteroatoms. The molecule has 0 fully saturated rings. The van der Waals surface area contributed by atoms with Crippen molar-refractivity contribution in [2.75, 3.05) is 0 Å². The van der Waals surface area contributed by atoms with Crippen molar-refractivity contribution >= 4 is 58.2 Å². The molecule has 1 aromatic heterocycles. The van der Waals surface area contributed by atoms with E-state index >= 15 is 0 Å². The van der Waals surface area contributed by atoms with Gasteiger partial charge in [-0.1, -0.05) is 70.3 Å². The molecule has 0 aliphatic rings. The second-order valence-electron chi connectivity index (χ2n) is 6.06. The maximum Gasteiger partial charge on any atom is 0.191 e. The van der Waals surface area contributed by atoms with Crippen LogP contribution in [0.5, 0.6) is 5.75 Å². The third kappa shape index (κ3) is 5.41. The van der Waals surface area contributed by atoms with Crippen molar-refractivity contribution < 1.29 is 4.74 Å². The summed E-state index contributed by atoms with van der Waals surface area (Å²) in [5.41, 5.74) is 0.854. The Bertz CT molecular complexity index is 1000. The molecule has 0 spiro atoms. The number of halogens is 4. The van der Waals surface area contributed by atoms with E-state index in [2.05, 4.69) is 16.8 Å². The highest BCUT2D eigenvalue weighted by molar-refractivity contribution is 7.98. The summed E-state index contributed by atoms with van der Waals surface area (Å²) in [5, 5.41) is 11.6. The predicted octanol–water partition coefficient (Wildman–Crippen LogP) is 7.51. The molecule has 0 saturated heterocycles. The maximum absolute atomic E-state index is 6.27. The van der Waals surface area contributed by atoms with E-state index in [9.17, 15) is 0 Å². The number of allylic oxidation sites excluding steroid dienone is 1. The van der Waals surface area contributed by atoms with Crippen molar-refractivity contribution in [3.05, 3.63) is 80.5 Å². The van der Waals surface area contributed by atoms with E-state index in [-0.39, 0.29) is 6.10 Å². The number of aromatic nitrogens is 3. The number of benzene rings is 2. The van der Waals surface area contributed by atoms with E-state index in [1.807, 2.05) is 29.7 Å². The Morgan fingerprint density at radius 1 is 1.10 bits per heavy atom. The lowest BCUT2D eigenvalue weighted by Crippen LogP contribution is -2.12. The van der Waals surface area contributed by atoms with E-state index in [0.717, 1.165) is 5.56 Å². The quantitative estimate of drug-likeness (QED) is 0.243. The molecule has 2 aromatic carbocycles. The van der Waals surface area contributed by atoms with Crippen molar-refractivity contribution in [3.63, 3.8) is 0 Å². The van der Waals surface area contributed by atoms with Gasteiger partial charge in [0, 0.05) is 27.4 Å². The van der Waals surface area contributed by atoms with E-state index in [4.69, 9.17) is 51.1 Å². The van der Waals surface area contributed by atoms with Crippen molar-refractivity contribution in [1.29, 1.82) is 0 Å². The van der Waals surface area contributed by atoms with Crippen LogP contribution in [0.15, 0.2) is 54.2 Å². The van der Waals surface area contributed by atoms with Crippen molar-refractivity contribution in [3.8, 4) is 5.75 Å². The van der Waals surface area contributed by atoms with Gasteiger partial charge in [-0.15, -0.1) is 16.8 Å². The molecule has 1 unspecified atom stereocenters. The summed E-state index contributed by atoms with van der Waals surface area (Å²) >= 11 is 26.2. The van der Waals surface area contributed by atoms with Gasteiger partial charge in [0.1, 0.15) is 5.75 Å². The monoisotopic (exact) mass is 487 g/mol. The molecule has 152 valence electrons. The smallest absolute Gasteiger partial charge is 0.191 e. The summed E-state index contributed by atoms with van der Waals surface area (Å²) in [6.07, 6.45) is 1.39. The van der Waals surface area contributed by atoms with Gasteiger partial charge in [-0.3, -0.25) is 4.57 Å². The van der Waals surface area contributed by atoms with Crippen LogP contribution in [0.1, 0.15) is 24.4 Å². The van der Waals surface area contributed by atoms with Gasteiger partial charge in [0.05, 0.1) is 5.02 Å². The van der Waals surface area contributed by atoms with Crippen LogP contribution in [0.3, 0.4) is 0 Å². The van der Waals surface area contributed by atoms with Crippen LogP contribution < -0.4 is 4.74 Å². The van der Waals surface area contributed by atoms with E-state index in [1.165, 1.54) is 11.8 Å². The topological polar surface area (TPSA) is 39.9 Å². The van der Waals surface area contributed by atoms with Crippen LogP contribution in [-0.4, -0.2) is 14.8 Å². The Morgan fingerprint density at radius 2 is 1.83 bits per heavy atom. The van der Waals surface area contributed by atoms with E-state index in [1.54, 1.807) is 24.3 Å². The molecule has 1 atom stereocenters. The minimum atomic E-state index is -0.389. The van der Waals surface area contributed by atoms with Crippen molar-refractivity contribution in [1.82, 2.24) is 14.8 Å². The first-order chi connectivity index (χ1) is 13.9. The molecule has 0 saturated carbocycles. The molecule has 0 radical (unpaired) electrons. The first-order valence-electron chi connectivity index (χ1n) is 8.62. The van der Waals surface area contributed by atoms with Crippen LogP contribution in [0.25, 0.3) is 0 Å². The van der Waals surface area contributed by atoms with Crippen LogP contribution in [0.4, 0.5) is 0 Å². The lowest BCUT2D eigenvalue weighted by atomic mass is 10.2. The van der Waals surface area contributed by atoms with Gasteiger partial charge < -0.3 is 4.74 Å². The third-order valence-electron chi connectivity index (χ3n) is 4.03. The maximum atomic E-state index is 6.27. The van der Waals surface area contributed by atoms with Gasteiger partial charge in [-0.2, -0.15) is 0 Å². The minimum Gasteiger partial charge on any atom is -0.481 e. The van der Waals surface area contributed by atoms with Gasteiger partial charge in [0.15, 0.2) is 17.1 Å². The molecule has 0 amide bonds. The third-order valence-corrected chi connectivity index (χ3v) is 6.26. The van der Waals surface area contributed by atoms with Crippen LogP contribution >= 0.6 is 58.2 Å². The molecule has 4 nitrogen and oxygen atoms in total. The summed E-state index contributed by atoms with van der Waals surface area (Å²) in [6, 6.07) is 10.5. The van der Waals surface area contributed by atoms with E-state index < -0.39 is 0 Å². The lowest BCUT2D eigenvalue weighted by molar-refractivity contribution is 0.210. The SMILES string of the molecule is C=CCn1c(SCc2c(Cl)cccc2Cl)nnc1C(C)Oc1ccc(Cl)cc1Cl. The molecule has 0 aliphatic carbocycles. The molecule has 0 aliphatic heterocycles. The molecule has 3 aromatic rings. The Hall–Kier alpha value is -1.37. The summed E-state index contributed by atoms with van der Waals surface area (Å²) in [5.74, 6) is 1.74. The number of rotatable bonds is 8. The molecule has 0 N–H and O–H groups in total. The number of ether oxygens (including phenoxy) is 1. The van der Waals surface area contributed by atoms with Crippen LogP contribution in [-0.2, 0) is 12.3 Å². The van der Waals surface area contributed by atoms with Gasteiger partial charge in [-0.25, -0.2) is 0 Å². The molecular weight excluding hydrogens is 472 g/mol. The number of hydrogen-bond acceptors (Lipinski definition) is 4. The highest BCUT2D eigenvalue weighted by Gasteiger charge is 2.20. The fraction of sp³-hybridized carbons (Fsp3) is 0.200. The first kappa shape index (κ1) is 22.3. The fourth-order valence-electron chi connectivity index (χ4n) is 2.63. The summed E-state index contributed by atoms with van der Waals surface area (Å²) in [7, 11) is 0. The van der Waals surface area contributed by atoms with Crippen molar-refractivity contribution in [2.45, 2.75) is 30.5 Å². The van der Waals surface area contributed by atoms with Gasteiger partial charge in [0.25, 0.3) is 0 Å². The predicted molar refractivity (Wildman–Crippen MR) is 122 cm³/mol. The second-order valence-corrected chi connectivity index (χ2v) is 8.66. The molecular formula is C20H17Cl4N3OS. The zero-order valence-corrected chi connectivity index (χ0v) is 19.3. The Kier molecular flexibility index (Phi) is 7.77. The standard InChI is InChI=1S/C20H17Cl4N3OS/c1-3-9-27-19(12(2)28-18-8-7-13(21)10-17(18)24)25-26-20(27)29-11-14-15(22)5-4-6-16(14)23/h3-8,10,12H,1,9,11H2,2H3. The second kappa shape index (κ2) is 10.1. The summed E-state index contributed by atoms with van der Waals surface area (Å²) in [6.45, 7) is 6.24. The molecule has 1 heterocycles. The normalized spacial score (nSPS) is 12.0. The number of thioether (sulfide) groups is 1. The highest BCUT2D eigenvalue weighted by atomic mass is 35.5. The van der Waals surface area contributed by atoms with Gasteiger partial charge in [0.2, 0.25) is 0 Å². The molecule has 3 rings (SSSR count). The number of hydrogen-bond donors (Lipinski definition) is 0. The Labute approximate surface area is 193 Å². The first-order valence-corrected chi connectivity index (χ1v) is 11.1. The average Bonchev–Trinajstić information content (AvgIpc) is 3.07. The molecule has 0 bridgehead atoms. The Morgan fingerprint density at radius 3 is 2.48 bits per heavy atom. The Balaban J connectivity index is 1.81. The highest BCUT2D eigenvalue weighted by Crippen LogP contribution is 2.34. The molecule has 29 heavy (non-hydrogen) atoms. The largest absolute Gasteiger partial charge is 0.481 e.